The van der Waals surface area contributed by atoms with E-state index in [4.69, 9.17) is 0 Å². The molecule has 6 nitrogen and oxygen atoms in total. The van der Waals surface area contributed by atoms with Crippen molar-refractivity contribution >= 4 is 17.5 Å². The smallest absolute Gasteiger partial charge is 0.233 e. The molecule has 0 amide bonds. The largest absolute Gasteiger partial charge is 0.302 e. The molecule has 0 fully saturated rings. The molecule has 0 aliphatic rings. The number of hydrogen-bond donors (Lipinski definition) is 0. The summed E-state index contributed by atoms with van der Waals surface area (Å²) in [5.41, 5.74) is 2.55. The van der Waals surface area contributed by atoms with E-state index in [0.717, 1.165) is 17.3 Å². The lowest BCUT2D eigenvalue weighted by Crippen LogP contribution is -2.06. The monoisotopic (exact) mass is 430 g/mol. The zero-order valence-corrected chi connectivity index (χ0v) is 17.4. The van der Waals surface area contributed by atoms with Crippen molar-refractivity contribution in [3.63, 3.8) is 0 Å². The number of fused-ring (bicyclic) bond motifs is 1. The number of aryl methyl sites for hydroxylation is 1. The highest BCUT2D eigenvalue weighted by Crippen LogP contribution is 2.28. The van der Waals surface area contributed by atoms with Crippen LogP contribution >= 0.6 is 11.8 Å². The summed E-state index contributed by atoms with van der Waals surface area (Å²) in [6, 6.07) is 18.8. The molecule has 0 atom stereocenters. The molecule has 5 aromatic rings. The molecule has 0 unspecified atom stereocenters. The van der Waals surface area contributed by atoms with Gasteiger partial charge in [-0.1, -0.05) is 54.2 Å². The third-order valence-electron chi connectivity index (χ3n) is 4.93. The van der Waals surface area contributed by atoms with Crippen LogP contribution in [0.5, 0.6) is 0 Å². The molecule has 5 rings (SSSR count). The quantitative estimate of drug-likeness (QED) is 0.352. The van der Waals surface area contributed by atoms with Gasteiger partial charge in [-0.25, -0.2) is 14.4 Å². The van der Waals surface area contributed by atoms with E-state index >= 15 is 0 Å². The zero-order chi connectivity index (χ0) is 21.0. The van der Waals surface area contributed by atoms with Crippen LogP contribution in [0.1, 0.15) is 11.3 Å². The van der Waals surface area contributed by atoms with Crippen LogP contribution in [-0.2, 0) is 18.7 Å². The predicted molar refractivity (Wildman–Crippen MR) is 118 cm³/mol. The maximum absolute atomic E-state index is 14.5. The first-order valence-corrected chi connectivity index (χ1v) is 10.9. The molecule has 154 valence electrons. The summed E-state index contributed by atoms with van der Waals surface area (Å²) in [6.45, 7) is 0.649. The fourth-order valence-corrected chi connectivity index (χ4v) is 4.26. The van der Waals surface area contributed by atoms with Crippen molar-refractivity contribution < 1.29 is 4.39 Å². The summed E-state index contributed by atoms with van der Waals surface area (Å²) in [5, 5.41) is 9.44. The van der Waals surface area contributed by atoms with Gasteiger partial charge in [-0.05, 0) is 30.2 Å². The minimum Gasteiger partial charge on any atom is -0.302 e. The molecule has 0 radical (unpaired) electrons. The second-order valence-electron chi connectivity index (χ2n) is 7.02. The first kappa shape index (κ1) is 19.4. The van der Waals surface area contributed by atoms with Crippen molar-refractivity contribution in [2.75, 3.05) is 0 Å². The third kappa shape index (κ3) is 4.20. The molecule has 3 heterocycles. The normalized spacial score (nSPS) is 11.3. The second-order valence-corrected chi connectivity index (χ2v) is 7.96. The van der Waals surface area contributed by atoms with Gasteiger partial charge in [0.15, 0.2) is 11.0 Å². The number of thioether (sulfide) groups is 1. The lowest BCUT2D eigenvalue weighted by molar-refractivity contribution is 0.616. The SMILES string of the molecule is Fc1ccccc1-c1nnc(SCc2cn3cccnc3n2)n1CCc1ccccc1. The van der Waals surface area contributed by atoms with E-state index in [2.05, 4.69) is 32.3 Å². The van der Waals surface area contributed by atoms with Crippen LogP contribution in [0.25, 0.3) is 17.2 Å². The van der Waals surface area contributed by atoms with E-state index in [1.165, 1.54) is 23.4 Å². The molecule has 0 aliphatic heterocycles. The highest BCUT2D eigenvalue weighted by atomic mass is 32.2. The van der Waals surface area contributed by atoms with Crippen LogP contribution in [0.3, 0.4) is 0 Å². The van der Waals surface area contributed by atoms with Crippen LogP contribution in [0.15, 0.2) is 84.4 Å². The van der Waals surface area contributed by atoms with Gasteiger partial charge in [0.2, 0.25) is 5.78 Å². The van der Waals surface area contributed by atoms with Crippen LogP contribution in [0.4, 0.5) is 4.39 Å². The molecule has 2 aromatic carbocycles. The Kier molecular flexibility index (Phi) is 5.45. The molecule has 31 heavy (non-hydrogen) atoms. The van der Waals surface area contributed by atoms with Gasteiger partial charge in [-0.15, -0.1) is 10.2 Å². The number of hydrogen-bond acceptors (Lipinski definition) is 5. The van der Waals surface area contributed by atoms with Crippen LogP contribution in [-0.4, -0.2) is 29.1 Å². The summed E-state index contributed by atoms with van der Waals surface area (Å²) in [4.78, 5) is 8.80. The molecule has 3 aromatic heterocycles. The Balaban J connectivity index is 1.43. The first-order valence-electron chi connectivity index (χ1n) is 9.91. The standard InChI is InChI=1S/C23H19FN6S/c24-20-10-5-4-9-19(20)21-27-28-23(30(21)14-11-17-7-2-1-3-8-17)31-16-18-15-29-13-6-12-25-22(29)26-18/h1-10,12-13,15H,11,14,16H2. The lowest BCUT2D eigenvalue weighted by Gasteiger charge is -2.10. The van der Waals surface area contributed by atoms with E-state index in [9.17, 15) is 4.39 Å². The van der Waals surface area contributed by atoms with E-state index in [-0.39, 0.29) is 5.82 Å². The Morgan fingerprint density at radius 1 is 0.935 bits per heavy atom. The predicted octanol–water partition coefficient (Wildman–Crippen LogP) is 4.66. The summed E-state index contributed by atoms with van der Waals surface area (Å²) in [6.07, 6.45) is 6.40. The van der Waals surface area contributed by atoms with Crippen LogP contribution in [0, 0.1) is 5.82 Å². The van der Waals surface area contributed by atoms with E-state index in [1.54, 1.807) is 18.3 Å². The highest BCUT2D eigenvalue weighted by Gasteiger charge is 2.17. The molecular formula is C23H19FN6S. The molecule has 0 aliphatic carbocycles. The number of benzene rings is 2. The van der Waals surface area contributed by atoms with Crippen molar-refractivity contribution in [1.29, 1.82) is 0 Å². The Morgan fingerprint density at radius 3 is 2.61 bits per heavy atom. The van der Waals surface area contributed by atoms with Gasteiger partial charge in [0.05, 0.1) is 11.3 Å². The average molecular weight is 431 g/mol. The van der Waals surface area contributed by atoms with Crippen LogP contribution in [0.2, 0.25) is 0 Å². The first-order chi connectivity index (χ1) is 15.3. The van der Waals surface area contributed by atoms with E-state index in [0.29, 0.717) is 29.5 Å². The molecule has 8 heteroatoms. The van der Waals surface area contributed by atoms with Gasteiger partial charge in [0, 0.05) is 30.9 Å². The van der Waals surface area contributed by atoms with Crippen molar-refractivity contribution in [1.82, 2.24) is 29.1 Å². The number of halogens is 1. The molecule has 0 saturated heterocycles. The van der Waals surface area contributed by atoms with Gasteiger partial charge in [-0.2, -0.15) is 0 Å². The number of rotatable bonds is 7. The average Bonchev–Trinajstić information content (AvgIpc) is 3.40. The second kappa shape index (κ2) is 8.69. The zero-order valence-electron chi connectivity index (χ0n) is 16.6. The third-order valence-corrected chi connectivity index (χ3v) is 5.93. The Labute approximate surface area is 182 Å². The molecule has 0 saturated carbocycles. The summed E-state index contributed by atoms with van der Waals surface area (Å²) >= 11 is 1.54. The fourth-order valence-electron chi connectivity index (χ4n) is 3.41. The number of nitrogens with zero attached hydrogens (tertiary/aromatic N) is 6. The summed E-state index contributed by atoms with van der Waals surface area (Å²) < 4.78 is 18.4. The number of imidazole rings is 1. The van der Waals surface area contributed by atoms with Crippen molar-refractivity contribution in [3.05, 3.63) is 96.3 Å². The Bertz CT molecular complexity index is 1280. The summed E-state index contributed by atoms with van der Waals surface area (Å²) in [5.74, 6) is 1.51. The minimum absolute atomic E-state index is 0.307. The highest BCUT2D eigenvalue weighted by molar-refractivity contribution is 7.98. The summed E-state index contributed by atoms with van der Waals surface area (Å²) in [7, 11) is 0. The number of aromatic nitrogens is 6. The minimum atomic E-state index is -0.307. The van der Waals surface area contributed by atoms with Gasteiger partial charge < -0.3 is 4.57 Å². The molecule has 0 bridgehead atoms. The van der Waals surface area contributed by atoms with Gasteiger partial charge >= 0.3 is 0 Å². The van der Waals surface area contributed by atoms with Gasteiger partial charge in [0.1, 0.15) is 5.82 Å². The molecule has 0 N–H and O–H groups in total. The van der Waals surface area contributed by atoms with Crippen LogP contribution < -0.4 is 0 Å². The fraction of sp³-hybridized carbons (Fsp3) is 0.130. The van der Waals surface area contributed by atoms with Gasteiger partial charge in [-0.3, -0.25) is 4.40 Å². The molecular weight excluding hydrogens is 411 g/mol. The van der Waals surface area contributed by atoms with Gasteiger partial charge in [0.25, 0.3) is 0 Å². The topological polar surface area (TPSA) is 60.9 Å². The van der Waals surface area contributed by atoms with Crippen molar-refractivity contribution in [3.8, 4) is 11.4 Å². The maximum Gasteiger partial charge on any atom is 0.233 e. The molecule has 0 spiro atoms. The van der Waals surface area contributed by atoms with Crippen molar-refractivity contribution in [2.24, 2.45) is 0 Å². The van der Waals surface area contributed by atoms with E-state index < -0.39 is 0 Å². The van der Waals surface area contributed by atoms with Crippen molar-refractivity contribution in [2.45, 2.75) is 23.9 Å². The Hall–Kier alpha value is -3.52. The lowest BCUT2D eigenvalue weighted by atomic mass is 10.1. The van der Waals surface area contributed by atoms with E-state index in [1.807, 2.05) is 51.7 Å². The maximum atomic E-state index is 14.5. The Morgan fingerprint density at radius 2 is 1.77 bits per heavy atom.